The van der Waals surface area contributed by atoms with Crippen molar-refractivity contribution in [1.82, 2.24) is 5.32 Å². The van der Waals surface area contributed by atoms with Crippen molar-refractivity contribution in [3.05, 3.63) is 0 Å². The molecule has 10 heavy (non-hydrogen) atoms. The molecule has 1 saturated carbocycles. The first-order chi connectivity index (χ1) is 4.79. The number of rotatable bonds is 2. The van der Waals surface area contributed by atoms with Crippen LogP contribution >= 0.6 is 0 Å². The minimum absolute atomic E-state index is 0.634. The molecule has 0 aromatic heterocycles. The molecule has 2 nitrogen and oxygen atoms in total. The van der Waals surface area contributed by atoms with Gasteiger partial charge in [-0.25, -0.2) is 0 Å². The monoisotopic (exact) mass is 206 g/mol. The van der Waals surface area contributed by atoms with Crippen molar-refractivity contribution < 1.29 is 0 Å². The van der Waals surface area contributed by atoms with E-state index in [1.165, 1.54) is 32.1 Å². The molecule has 58 valence electrons. The van der Waals surface area contributed by atoms with Crippen LogP contribution in [-0.2, 0) is 0 Å². The maximum atomic E-state index is 5.47. The standard InChI is InChI=1S/C7H14N2Se/c8-7(10)9-6-4-2-1-3-5-6/h6H,1-5H2,(H3,8,9,10). The van der Waals surface area contributed by atoms with Crippen LogP contribution in [0, 0.1) is 0 Å². The van der Waals surface area contributed by atoms with E-state index >= 15 is 0 Å². The molecule has 3 N–H and O–H groups in total. The second-order valence-electron chi connectivity index (χ2n) is 2.84. The van der Waals surface area contributed by atoms with Gasteiger partial charge in [0.25, 0.3) is 0 Å². The van der Waals surface area contributed by atoms with Crippen LogP contribution in [0.2, 0.25) is 0 Å². The molecule has 3 heteroatoms. The quantitative estimate of drug-likeness (QED) is 0.628. The Balaban J connectivity index is 2.19. The van der Waals surface area contributed by atoms with E-state index in [2.05, 4.69) is 20.9 Å². The molecule has 0 bridgehead atoms. The second-order valence-corrected chi connectivity index (χ2v) is 3.77. The van der Waals surface area contributed by atoms with Gasteiger partial charge in [-0.15, -0.1) is 0 Å². The van der Waals surface area contributed by atoms with Gasteiger partial charge in [-0.3, -0.25) is 0 Å². The normalized spacial score (nSPS) is 20.4. The van der Waals surface area contributed by atoms with Crippen molar-refractivity contribution in [2.45, 2.75) is 38.1 Å². The molecule has 0 saturated heterocycles. The van der Waals surface area contributed by atoms with Gasteiger partial charge in [0.1, 0.15) is 0 Å². The zero-order chi connectivity index (χ0) is 7.40. The fraction of sp³-hybridized carbons (Fsp3) is 0.857. The van der Waals surface area contributed by atoms with Crippen molar-refractivity contribution in [1.29, 1.82) is 0 Å². The SMILES string of the molecule is NC(=[Se])NC1CCCCC1. The van der Waals surface area contributed by atoms with Gasteiger partial charge in [0.2, 0.25) is 0 Å². The zero-order valence-electron chi connectivity index (χ0n) is 6.10. The molecule has 1 aliphatic carbocycles. The summed E-state index contributed by atoms with van der Waals surface area (Å²) in [6.07, 6.45) is 6.66. The molecule has 1 rings (SSSR count). The summed E-state index contributed by atoms with van der Waals surface area (Å²) < 4.78 is 0.743. The first-order valence-corrected chi connectivity index (χ1v) is 4.70. The Labute approximate surface area is 69.9 Å². The predicted molar refractivity (Wildman–Crippen MR) is 45.0 cm³/mol. The van der Waals surface area contributed by atoms with Crippen molar-refractivity contribution in [3.8, 4) is 0 Å². The van der Waals surface area contributed by atoms with Crippen LogP contribution < -0.4 is 11.1 Å². The summed E-state index contributed by atoms with van der Waals surface area (Å²) in [5, 5.41) is 3.22. The molecule has 0 radical (unpaired) electrons. The average Bonchev–Trinajstić information content (AvgIpc) is 1.88. The molecule has 0 amide bonds. The third kappa shape index (κ3) is 2.72. The van der Waals surface area contributed by atoms with Crippen LogP contribution in [0.25, 0.3) is 0 Å². The Morgan fingerprint density at radius 2 is 1.90 bits per heavy atom. The van der Waals surface area contributed by atoms with E-state index in [4.69, 9.17) is 5.73 Å². The van der Waals surface area contributed by atoms with Crippen LogP contribution in [0.5, 0.6) is 0 Å². The molecule has 0 aromatic carbocycles. The van der Waals surface area contributed by atoms with Gasteiger partial charge in [-0.2, -0.15) is 0 Å². The molecule has 0 aliphatic heterocycles. The van der Waals surface area contributed by atoms with E-state index in [0.29, 0.717) is 6.04 Å². The molecule has 0 unspecified atom stereocenters. The molecule has 0 aromatic rings. The number of hydrogen-bond acceptors (Lipinski definition) is 2. The summed E-state index contributed by atoms with van der Waals surface area (Å²) in [7, 11) is 0. The van der Waals surface area contributed by atoms with Gasteiger partial charge >= 0.3 is 69.4 Å². The Bertz CT molecular complexity index is 119. The van der Waals surface area contributed by atoms with E-state index in [9.17, 15) is 0 Å². The van der Waals surface area contributed by atoms with Gasteiger partial charge in [0.15, 0.2) is 0 Å². The van der Waals surface area contributed by atoms with Crippen LogP contribution in [0.4, 0.5) is 0 Å². The fourth-order valence-electron chi connectivity index (χ4n) is 1.45. The van der Waals surface area contributed by atoms with Crippen molar-refractivity contribution >= 4 is 20.2 Å². The molecule has 0 heterocycles. The van der Waals surface area contributed by atoms with Crippen LogP contribution in [0.15, 0.2) is 0 Å². The molecule has 1 aliphatic rings. The number of nitrogens with one attached hydrogen (secondary N) is 1. The third-order valence-corrected chi connectivity index (χ3v) is 2.20. The van der Waals surface area contributed by atoms with E-state index < -0.39 is 0 Å². The Hall–Kier alpha value is -0.0105. The molecular weight excluding hydrogens is 191 g/mol. The van der Waals surface area contributed by atoms with E-state index in [-0.39, 0.29) is 0 Å². The Morgan fingerprint density at radius 1 is 1.30 bits per heavy atom. The summed E-state index contributed by atoms with van der Waals surface area (Å²) >= 11 is 2.77. The van der Waals surface area contributed by atoms with Crippen molar-refractivity contribution in [2.24, 2.45) is 5.73 Å². The summed E-state index contributed by atoms with van der Waals surface area (Å²) in [4.78, 5) is 0. The van der Waals surface area contributed by atoms with E-state index in [1.807, 2.05) is 0 Å². The van der Waals surface area contributed by atoms with E-state index in [0.717, 1.165) is 4.67 Å². The summed E-state index contributed by atoms with van der Waals surface area (Å²) in [6, 6.07) is 0.634. The van der Waals surface area contributed by atoms with Crippen LogP contribution in [0.1, 0.15) is 32.1 Å². The first kappa shape index (κ1) is 8.09. The van der Waals surface area contributed by atoms with Crippen molar-refractivity contribution in [2.75, 3.05) is 0 Å². The predicted octanol–water partition coefficient (Wildman–Crippen LogP) is 0.123. The van der Waals surface area contributed by atoms with Gasteiger partial charge in [-0.05, 0) is 0 Å². The van der Waals surface area contributed by atoms with Gasteiger partial charge in [-0.1, -0.05) is 0 Å². The fourth-order valence-corrected chi connectivity index (χ4v) is 1.80. The van der Waals surface area contributed by atoms with Gasteiger partial charge in [0, 0.05) is 0 Å². The van der Waals surface area contributed by atoms with Crippen LogP contribution in [-0.4, -0.2) is 26.3 Å². The summed E-state index contributed by atoms with van der Waals surface area (Å²) in [5.41, 5.74) is 5.47. The first-order valence-electron chi connectivity index (χ1n) is 3.85. The van der Waals surface area contributed by atoms with Gasteiger partial charge < -0.3 is 0 Å². The Kier molecular flexibility index (Phi) is 3.23. The van der Waals surface area contributed by atoms with Crippen molar-refractivity contribution in [3.63, 3.8) is 0 Å². The molecule has 1 fully saturated rings. The average molecular weight is 205 g/mol. The second kappa shape index (κ2) is 3.99. The Morgan fingerprint density at radius 3 is 2.40 bits per heavy atom. The van der Waals surface area contributed by atoms with Crippen LogP contribution in [0.3, 0.4) is 0 Å². The molecular formula is C7H14N2Se. The zero-order valence-corrected chi connectivity index (χ0v) is 7.81. The van der Waals surface area contributed by atoms with E-state index in [1.54, 1.807) is 0 Å². The third-order valence-electron chi connectivity index (χ3n) is 1.95. The summed E-state index contributed by atoms with van der Waals surface area (Å²) in [5.74, 6) is 0. The molecule has 0 atom stereocenters. The maximum absolute atomic E-state index is 5.47. The number of nitrogens with two attached hydrogens (primary N) is 1. The summed E-state index contributed by atoms with van der Waals surface area (Å²) in [6.45, 7) is 0. The minimum atomic E-state index is 0.634. The number of hydrogen-bond donors (Lipinski definition) is 2. The van der Waals surface area contributed by atoms with Gasteiger partial charge in [0.05, 0.1) is 0 Å². The topological polar surface area (TPSA) is 38.0 Å². The molecule has 0 spiro atoms.